The molecule has 2 rings (SSSR count). The predicted molar refractivity (Wildman–Crippen MR) is 76.9 cm³/mol. The average Bonchev–Trinajstić information content (AvgIpc) is 2.82. The first-order chi connectivity index (χ1) is 9.58. The van der Waals surface area contributed by atoms with Crippen LogP contribution in [0.2, 0.25) is 0 Å². The molecule has 1 saturated heterocycles. The van der Waals surface area contributed by atoms with Crippen LogP contribution in [-0.2, 0) is 19.1 Å². The van der Waals surface area contributed by atoms with Crippen LogP contribution in [0.1, 0.15) is 16.8 Å². The number of benzene rings is 1. The Labute approximate surface area is 129 Å². The lowest BCUT2D eigenvalue weighted by atomic mass is 10.2. The summed E-state index contributed by atoms with van der Waals surface area (Å²) < 4.78 is 10.4. The molecule has 1 aliphatic heterocycles. The second-order valence-corrected chi connectivity index (χ2v) is 5.26. The van der Waals surface area contributed by atoms with E-state index in [-0.39, 0.29) is 19.1 Å². The van der Waals surface area contributed by atoms with Crippen LogP contribution in [0.3, 0.4) is 0 Å². The van der Waals surface area contributed by atoms with Crippen molar-refractivity contribution >= 4 is 40.4 Å². The number of cyclic esters (lactones) is 1. The van der Waals surface area contributed by atoms with Crippen molar-refractivity contribution in [2.24, 2.45) is 0 Å². The van der Waals surface area contributed by atoms with Gasteiger partial charge in [0.05, 0.1) is 12.2 Å². The fourth-order valence-electron chi connectivity index (χ4n) is 1.68. The van der Waals surface area contributed by atoms with E-state index in [1.54, 1.807) is 18.2 Å². The zero-order chi connectivity index (χ0) is 14.5. The second-order valence-electron chi connectivity index (χ2n) is 4.10. The Morgan fingerprint density at radius 1 is 1.40 bits per heavy atom. The summed E-state index contributed by atoms with van der Waals surface area (Å²) in [7, 11) is 0. The third kappa shape index (κ3) is 3.69. The number of hydrogen-bond acceptors (Lipinski definition) is 5. The maximum absolute atomic E-state index is 11.9. The van der Waals surface area contributed by atoms with Gasteiger partial charge < -0.3 is 14.8 Å². The van der Waals surface area contributed by atoms with Gasteiger partial charge in [-0.1, -0.05) is 12.1 Å². The summed E-state index contributed by atoms with van der Waals surface area (Å²) in [5.41, 5.74) is 0.487. The van der Waals surface area contributed by atoms with Gasteiger partial charge in [-0.3, -0.25) is 9.59 Å². The molecule has 106 valence electrons. The highest BCUT2D eigenvalue weighted by molar-refractivity contribution is 14.1. The summed E-state index contributed by atoms with van der Waals surface area (Å²) in [6.45, 7) is -0.0288. The molecule has 1 atom stereocenters. The highest BCUT2D eigenvalue weighted by Gasteiger charge is 2.30. The summed E-state index contributed by atoms with van der Waals surface area (Å²) in [4.78, 5) is 34.5. The Hall–Kier alpha value is -1.64. The Balaban J connectivity index is 1.83. The van der Waals surface area contributed by atoms with Gasteiger partial charge in [0.25, 0.3) is 5.91 Å². The minimum absolute atomic E-state index is 0.255. The number of hydrogen-bond donors (Lipinski definition) is 1. The number of rotatable bonds is 4. The molecule has 0 aromatic heterocycles. The van der Waals surface area contributed by atoms with Gasteiger partial charge in [-0.2, -0.15) is 0 Å². The van der Waals surface area contributed by atoms with Gasteiger partial charge >= 0.3 is 11.9 Å². The normalized spacial score (nSPS) is 17.4. The van der Waals surface area contributed by atoms with Crippen LogP contribution in [0.15, 0.2) is 24.3 Å². The fraction of sp³-hybridized carbons (Fsp3) is 0.308. The maximum Gasteiger partial charge on any atom is 0.347 e. The summed E-state index contributed by atoms with van der Waals surface area (Å²) >= 11 is 2.04. The molecule has 1 aromatic rings. The Morgan fingerprint density at radius 3 is 2.80 bits per heavy atom. The molecule has 1 aliphatic rings. The highest BCUT2D eigenvalue weighted by atomic mass is 127. The molecular formula is C13H12INO5. The minimum atomic E-state index is -0.851. The van der Waals surface area contributed by atoms with Crippen molar-refractivity contribution in [1.29, 1.82) is 0 Å². The highest BCUT2D eigenvalue weighted by Crippen LogP contribution is 2.12. The summed E-state index contributed by atoms with van der Waals surface area (Å²) in [6.07, 6.45) is -0.494. The number of esters is 2. The largest absolute Gasteiger partial charge is 0.463 e. The van der Waals surface area contributed by atoms with Gasteiger partial charge in [-0.05, 0) is 34.7 Å². The Morgan fingerprint density at radius 2 is 2.15 bits per heavy atom. The zero-order valence-corrected chi connectivity index (χ0v) is 12.6. The van der Waals surface area contributed by atoms with Crippen LogP contribution in [0.4, 0.5) is 0 Å². The first-order valence-electron chi connectivity index (χ1n) is 5.97. The molecule has 1 heterocycles. The van der Waals surface area contributed by atoms with Gasteiger partial charge in [-0.15, -0.1) is 0 Å². The smallest absolute Gasteiger partial charge is 0.347 e. The topological polar surface area (TPSA) is 81.7 Å². The first kappa shape index (κ1) is 14.8. The van der Waals surface area contributed by atoms with Crippen LogP contribution in [0, 0.1) is 3.57 Å². The number of amides is 1. The molecule has 0 spiro atoms. The van der Waals surface area contributed by atoms with E-state index in [2.05, 4.69) is 10.1 Å². The van der Waals surface area contributed by atoms with Gasteiger partial charge in [-0.25, -0.2) is 4.79 Å². The number of ether oxygens (including phenoxy) is 2. The predicted octanol–water partition coefficient (Wildman–Crippen LogP) is 0.880. The lowest BCUT2D eigenvalue weighted by Crippen LogP contribution is -2.34. The summed E-state index contributed by atoms with van der Waals surface area (Å²) in [5.74, 6) is -1.56. The van der Waals surface area contributed by atoms with E-state index in [4.69, 9.17) is 4.74 Å². The molecule has 1 N–H and O–H groups in total. The van der Waals surface area contributed by atoms with Gasteiger partial charge in [0.1, 0.15) is 6.54 Å². The van der Waals surface area contributed by atoms with Crippen LogP contribution in [0.5, 0.6) is 0 Å². The van der Waals surface area contributed by atoms with Crippen molar-refractivity contribution in [1.82, 2.24) is 5.32 Å². The van der Waals surface area contributed by atoms with Crippen LogP contribution < -0.4 is 5.32 Å². The van der Waals surface area contributed by atoms with E-state index >= 15 is 0 Å². The Bertz CT molecular complexity index is 545. The Kier molecular flexibility index (Phi) is 4.94. The first-order valence-corrected chi connectivity index (χ1v) is 7.04. The number of carbonyl (C=O) groups excluding carboxylic acids is 3. The van der Waals surface area contributed by atoms with E-state index in [9.17, 15) is 14.4 Å². The molecule has 0 saturated carbocycles. The van der Waals surface area contributed by atoms with Crippen molar-refractivity contribution in [3.05, 3.63) is 33.4 Å². The van der Waals surface area contributed by atoms with Crippen LogP contribution in [-0.4, -0.2) is 37.1 Å². The molecule has 6 nitrogen and oxygen atoms in total. The quantitative estimate of drug-likeness (QED) is 0.611. The lowest BCUT2D eigenvalue weighted by molar-refractivity contribution is -0.159. The van der Waals surface area contributed by atoms with E-state index in [1.165, 1.54) is 0 Å². The van der Waals surface area contributed by atoms with Crippen molar-refractivity contribution in [3.63, 3.8) is 0 Å². The molecule has 20 heavy (non-hydrogen) atoms. The monoisotopic (exact) mass is 389 g/mol. The number of carbonyl (C=O) groups is 3. The molecule has 0 radical (unpaired) electrons. The molecule has 1 aromatic carbocycles. The van der Waals surface area contributed by atoms with Crippen molar-refractivity contribution in [3.8, 4) is 0 Å². The van der Waals surface area contributed by atoms with E-state index in [0.29, 0.717) is 12.0 Å². The minimum Gasteiger partial charge on any atom is -0.463 e. The van der Waals surface area contributed by atoms with Crippen LogP contribution in [0.25, 0.3) is 0 Å². The van der Waals surface area contributed by atoms with Crippen molar-refractivity contribution in [2.45, 2.75) is 12.5 Å². The number of halogens is 1. The molecule has 0 unspecified atom stereocenters. The SMILES string of the molecule is O=C(CNC(=O)c1ccccc1I)O[C@H]1CCOC1=O. The van der Waals surface area contributed by atoms with E-state index < -0.39 is 18.0 Å². The number of nitrogens with one attached hydrogen (secondary N) is 1. The van der Waals surface area contributed by atoms with Gasteiger partial charge in [0.15, 0.2) is 0 Å². The lowest BCUT2D eigenvalue weighted by Gasteiger charge is -2.09. The third-order valence-corrected chi connectivity index (χ3v) is 3.61. The molecule has 1 amide bonds. The van der Waals surface area contributed by atoms with Crippen molar-refractivity contribution in [2.75, 3.05) is 13.2 Å². The fourth-order valence-corrected chi connectivity index (χ4v) is 2.31. The molecule has 1 fully saturated rings. The molecule has 7 heteroatoms. The van der Waals surface area contributed by atoms with E-state index in [0.717, 1.165) is 3.57 Å². The summed E-state index contributed by atoms with van der Waals surface area (Å²) in [5, 5.41) is 2.46. The molecule has 0 bridgehead atoms. The summed E-state index contributed by atoms with van der Waals surface area (Å²) in [6, 6.07) is 7.02. The van der Waals surface area contributed by atoms with E-state index in [1.807, 2.05) is 28.7 Å². The van der Waals surface area contributed by atoms with Gasteiger partial charge in [0, 0.05) is 9.99 Å². The second kappa shape index (κ2) is 6.69. The standard InChI is InChI=1S/C13H12INO5/c14-9-4-2-1-3-8(9)12(17)15-7-11(16)20-10-5-6-19-13(10)18/h1-4,10H,5-7H2,(H,15,17)/t10-/m0/s1. The zero-order valence-electron chi connectivity index (χ0n) is 10.4. The third-order valence-electron chi connectivity index (χ3n) is 2.67. The van der Waals surface area contributed by atoms with Gasteiger partial charge in [0.2, 0.25) is 6.10 Å². The molecular weight excluding hydrogens is 377 g/mol. The maximum atomic E-state index is 11.9. The molecule has 0 aliphatic carbocycles. The van der Waals surface area contributed by atoms with Crippen molar-refractivity contribution < 1.29 is 23.9 Å². The average molecular weight is 389 g/mol. The van der Waals surface area contributed by atoms with Crippen LogP contribution >= 0.6 is 22.6 Å².